The minimum atomic E-state index is -0.575. The molecule has 0 spiro atoms. The zero-order chi connectivity index (χ0) is 18.6. The van der Waals surface area contributed by atoms with E-state index in [0.29, 0.717) is 15.9 Å². The molecule has 134 valence electrons. The molecule has 0 saturated carbocycles. The highest BCUT2D eigenvalue weighted by Gasteiger charge is 2.17. The van der Waals surface area contributed by atoms with E-state index < -0.39 is 11.7 Å². The molecule has 0 bridgehead atoms. The third kappa shape index (κ3) is 5.49. The number of amides is 1. The predicted octanol–water partition coefficient (Wildman–Crippen LogP) is 4.37. The van der Waals surface area contributed by atoms with Crippen molar-refractivity contribution in [3.05, 3.63) is 46.1 Å². The lowest BCUT2D eigenvalue weighted by Gasteiger charge is -2.20. The van der Waals surface area contributed by atoms with Crippen LogP contribution in [0.3, 0.4) is 0 Å². The van der Waals surface area contributed by atoms with Crippen molar-refractivity contribution in [3.63, 3.8) is 0 Å². The average Bonchev–Trinajstić information content (AvgIpc) is 2.51. The number of aromatic nitrogens is 1. The molecule has 1 aromatic carbocycles. The summed E-state index contributed by atoms with van der Waals surface area (Å²) in [6, 6.07) is 6.92. The van der Waals surface area contributed by atoms with Gasteiger partial charge < -0.3 is 15.5 Å². The monoisotopic (exact) mass is 382 g/mol. The van der Waals surface area contributed by atoms with Gasteiger partial charge in [0.25, 0.3) is 0 Å². The molecule has 0 fully saturated rings. The molecule has 0 radical (unpaired) electrons. The number of nitrogens with zero attached hydrogens (tertiary/aromatic N) is 1. The third-order valence-corrected chi connectivity index (χ3v) is 3.73. The highest BCUT2D eigenvalue weighted by Crippen LogP contribution is 2.33. The first kappa shape index (κ1) is 19.3. The molecule has 2 aromatic rings. The van der Waals surface area contributed by atoms with Crippen molar-refractivity contribution in [2.75, 3.05) is 5.43 Å². The molecule has 0 aliphatic heterocycles. The van der Waals surface area contributed by atoms with E-state index in [4.69, 9.17) is 33.8 Å². The largest absolute Gasteiger partial charge is 0.444 e. The number of nitrogens with one attached hydrogen (secondary N) is 2. The Morgan fingerprint density at radius 2 is 1.96 bits per heavy atom. The van der Waals surface area contributed by atoms with Crippen LogP contribution >= 0.6 is 23.2 Å². The second kappa shape index (κ2) is 7.91. The first-order valence-electron chi connectivity index (χ1n) is 7.57. The third-order valence-electron chi connectivity index (χ3n) is 3.18. The normalized spacial score (nSPS) is 11.1. The van der Waals surface area contributed by atoms with Crippen molar-refractivity contribution < 1.29 is 9.53 Å². The van der Waals surface area contributed by atoms with Crippen LogP contribution in [0.5, 0.6) is 0 Å². The van der Waals surface area contributed by atoms with Crippen molar-refractivity contribution in [1.29, 1.82) is 0 Å². The number of ether oxygens (including phenoxy) is 1. The van der Waals surface area contributed by atoms with E-state index in [2.05, 4.69) is 15.7 Å². The van der Waals surface area contributed by atoms with E-state index in [9.17, 15) is 4.79 Å². The van der Waals surface area contributed by atoms with E-state index in [1.807, 2.05) is 0 Å². The zero-order valence-corrected chi connectivity index (χ0v) is 15.7. The first-order chi connectivity index (χ1) is 11.7. The van der Waals surface area contributed by atoms with Crippen LogP contribution in [0.15, 0.2) is 30.5 Å². The lowest BCUT2D eigenvalue weighted by molar-refractivity contribution is 0.0523. The summed E-state index contributed by atoms with van der Waals surface area (Å²) in [4.78, 5) is 16.1. The van der Waals surface area contributed by atoms with Gasteiger partial charge in [0.2, 0.25) is 0 Å². The Labute approximate surface area is 156 Å². The van der Waals surface area contributed by atoms with Crippen LogP contribution in [0, 0.1) is 0 Å². The fourth-order valence-corrected chi connectivity index (χ4v) is 2.66. The first-order valence-corrected chi connectivity index (χ1v) is 8.33. The van der Waals surface area contributed by atoms with Gasteiger partial charge in [-0.1, -0.05) is 29.3 Å². The van der Waals surface area contributed by atoms with Crippen molar-refractivity contribution >= 4 is 35.1 Å². The van der Waals surface area contributed by atoms with Gasteiger partial charge in [0.1, 0.15) is 11.4 Å². The number of hydrogen-bond acceptors (Lipinski definition) is 5. The Morgan fingerprint density at radius 3 is 2.56 bits per heavy atom. The summed E-state index contributed by atoms with van der Waals surface area (Å²) in [5, 5.41) is 3.75. The number of rotatable bonds is 4. The second-order valence-electron chi connectivity index (χ2n) is 6.35. The molecule has 1 heterocycles. The number of benzene rings is 1. The van der Waals surface area contributed by atoms with Gasteiger partial charge in [0.05, 0.1) is 0 Å². The van der Waals surface area contributed by atoms with Gasteiger partial charge in [0, 0.05) is 33.9 Å². The minimum Gasteiger partial charge on any atom is -0.444 e. The number of nitrogens with two attached hydrogens (primary N) is 1. The SMILES string of the molecule is CC(C)(C)OC(=O)NCc1cc(NN)ncc1-c1ccc(Cl)cc1Cl. The van der Waals surface area contributed by atoms with Gasteiger partial charge in [-0.05, 0) is 44.5 Å². The summed E-state index contributed by atoms with van der Waals surface area (Å²) in [5.41, 5.74) is 4.20. The summed E-state index contributed by atoms with van der Waals surface area (Å²) in [5.74, 6) is 5.90. The van der Waals surface area contributed by atoms with Crippen LogP contribution in [-0.4, -0.2) is 16.7 Å². The highest BCUT2D eigenvalue weighted by atomic mass is 35.5. The fourth-order valence-electron chi connectivity index (χ4n) is 2.15. The molecular formula is C17H20Cl2N4O2. The summed E-state index contributed by atoms with van der Waals surface area (Å²) in [7, 11) is 0. The van der Waals surface area contributed by atoms with E-state index in [-0.39, 0.29) is 6.54 Å². The van der Waals surface area contributed by atoms with Gasteiger partial charge in [-0.2, -0.15) is 0 Å². The van der Waals surface area contributed by atoms with E-state index in [1.165, 1.54) is 0 Å². The molecular weight excluding hydrogens is 363 g/mol. The Morgan fingerprint density at radius 1 is 1.24 bits per heavy atom. The van der Waals surface area contributed by atoms with E-state index in [0.717, 1.165) is 16.7 Å². The van der Waals surface area contributed by atoms with Gasteiger partial charge in [-0.3, -0.25) is 0 Å². The van der Waals surface area contributed by atoms with Crippen LogP contribution in [0.1, 0.15) is 26.3 Å². The number of nitrogen functional groups attached to an aromatic ring is 1. The topological polar surface area (TPSA) is 89.3 Å². The molecule has 2 rings (SSSR count). The van der Waals surface area contributed by atoms with Crippen LogP contribution in [-0.2, 0) is 11.3 Å². The summed E-state index contributed by atoms with van der Waals surface area (Å²) in [6.07, 6.45) is 1.12. The second-order valence-corrected chi connectivity index (χ2v) is 7.19. The number of carbonyl (C=O) groups is 1. The van der Waals surface area contributed by atoms with Crippen molar-refractivity contribution in [3.8, 4) is 11.1 Å². The molecule has 6 nitrogen and oxygen atoms in total. The summed E-state index contributed by atoms with van der Waals surface area (Å²) in [6.45, 7) is 5.62. The van der Waals surface area contributed by atoms with Crippen LogP contribution in [0.4, 0.5) is 10.6 Å². The number of anilines is 1. The Hall–Kier alpha value is -2.02. The quantitative estimate of drug-likeness (QED) is 0.539. The summed E-state index contributed by atoms with van der Waals surface area (Å²) < 4.78 is 5.25. The average molecular weight is 383 g/mol. The van der Waals surface area contributed by atoms with Crippen LogP contribution < -0.4 is 16.6 Å². The lowest BCUT2D eigenvalue weighted by atomic mass is 10.0. The standard InChI is InChI=1S/C17H20Cl2N4O2/c1-17(2,3)25-16(24)22-8-10-6-15(23-20)21-9-13(10)12-5-4-11(18)7-14(12)19/h4-7,9H,8,20H2,1-3H3,(H,21,23)(H,22,24). The number of alkyl carbamates (subject to hydrolysis) is 1. The van der Waals surface area contributed by atoms with E-state index in [1.54, 1.807) is 51.2 Å². The molecule has 1 aromatic heterocycles. The molecule has 0 atom stereocenters. The number of pyridine rings is 1. The predicted molar refractivity (Wildman–Crippen MR) is 101 cm³/mol. The maximum absolute atomic E-state index is 11.9. The Kier molecular flexibility index (Phi) is 6.11. The highest BCUT2D eigenvalue weighted by molar-refractivity contribution is 6.36. The Balaban J connectivity index is 2.30. The van der Waals surface area contributed by atoms with Crippen molar-refractivity contribution in [2.45, 2.75) is 32.9 Å². The maximum Gasteiger partial charge on any atom is 0.407 e. The molecule has 0 aliphatic carbocycles. The molecule has 1 amide bonds. The van der Waals surface area contributed by atoms with Gasteiger partial charge in [-0.25, -0.2) is 15.6 Å². The summed E-state index contributed by atoms with van der Waals surface area (Å²) >= 11 is 12.3. The van der Waals surface area contributed by atoms with Crippen molar-refractivity contribution in [1.82, 2.24) is 10.3 Å². The molecule has 8 heteroatoms. The van der Waals surface area contributed by atoms with Crippen molar-refractivity contribution in [2.24, 2.45) is 5.84 Å². The van der Waals surface area contributed by atoms with Gasteiger partial charge in [0.15, 0.2) is 0 Å². The lowest BCUT2D eigenvalue weighted by Crippen LogP contribution is -2.32. The fraction of sp³-hybridized carbons (Fsp3) is 0.294. The van der Waals surface area contributed by atoms with Gasteiger partial charge >= 0.3 is 6.09 Å². The number of carbonyl (C=O) groups excluding carboxylic acids is 1. The van der Waals surface area contributed by atoms with Crippen LogP contribution in [0.25, 0.3) is 11.1 Å². The zero-order valence-electron chi connectivity index (χ0n) is 14.2. The number of hydrazine groups is 1. The van der Waals surface area contributed by atoms with Gasteiger partial charge in [-0.15, -0.1) is 0 Å². The van der Waals surface area contributed by atoms with E-state index >= 15 is 0 Å². The molecule has 0 aliphatic rings. The smallest absolute Gasteiger partial charge is 0.407 e. The number of hydrogen-bond donors (Lipinski definition) is 3. The minimum absolute atomic E-state index is 0.223. The Bertz CT molecular complexity index is 776. The molecule has 4 N–H and O–H groups in total. The molecule has 25 heavy (non-hydrogen) atoms. The number of halogens is 2. The molecule has 0 unspecified atom stereocenters. The van der Waals surface area contributed by atoms with Crippen LogP contribution in [0.2, 0.25) is 10.0 Å². The maximum atomic E-state index is 11.9. The molecule has 0 saturated heterocycles.